The van der Waals surface area contributed by atoms with Gasteiger partial charge in [-0.05, 0) is 50.8 Å². The van der Waals surface area contributed by atoms with Gasteiger partial charge in [-0.3, -0.25) is 10.1 Å². The molecule has 0 unspecified atom stereocenters. The van der Waals surface area contributed by atoms with E-state index in [9.17, 15) is 10.1 Å². The van der Waals surface area contributed by atoms with E-state index in [0.29, 0.717) is 12.4 Å². The first kappa shape index (κ1) is 25.8. The number of hydrogen-bond donors (Lipinski definition) is 1. The molecule has 10 heteroatoms. The van der Waals surface area contributed by atoms with E-state index in [1.807, 2.05) is 26.2 Å². The molecule has 1 saturated heterocycles. The molecule has 0 atom stereocenters. The lowest BCUT2D eigenvalue weighted by Crippen LogP contribution is -2.47. The molecule has 1 aliphatic rings. The van der Waals surface area contributed by atoms with E-state index in [1.165, 1.54) is 11.3 Å². The SMILES string of the molecule is Cc1ccccc1N1CCN(c2ccc([N+](=O)[O-])c(NCCSCc3ccc(CN(C)C)o3)n2)CC1. The van der Waals surface area contributed by atoms with Crippen LogP contribution in [-0.2, 0) is 12.3 Å². The molecule has 1 N–H and O–H groups in total. The third-order valence-corrected chi connectivity index (χ3v) is 7.07. The fourth-order valence-electron chi connectivity index (χ4n) is 4.30. The molecule has 0 radical (unpaired) electrons. The Bertz CT molecular complexity index is 1160. The predicted octanol–water partition coefficient (Wildman–Crippen LogP) is 4.62. The first-order chi connectivity index (χ1) is 17.4. The number of rotatable bonds is 11. The molecule has 0 amide bonds. The van der Waals surface area contributed by atoms with E-state index in [-0.39, 0.29) is 10.6 Å². The number of anilines is 3. The topological polar surface area (TPSA) is 90.9 Å². The van der Waals surface area contributed by atoms with E-state index in [2.05, 4.69) is 56.2 Å². The minimum Gasteiger partial charge on any atom is -0.464 e. The fourth-order valence-corrected chi connectivity index (χ4v) is 5.05. The van der Waals surface area contributed by atoms with Gasteiger partial charge < -0.3 is 24.4 Å². The number of nitrogens with one attached hydrogen (secondary N) is 1. The molecule has 0 bridgehead atoms. The van der Waals surface area contributed by atoms with Crippen LogP contribution in [0.3, 0.4) is 0 Å². The van der Waals surface area contributed by atoms with Crippen LogP contribution in [0.15, 0.2) is 52.9 Å². The van der Waals surface area contributed by atoms with Gasteiger partial charge in [-0.1, -0.05) is 18.2 Å². The molecule has 9 nitrogen and oxygen atoms in total. The number of para-hydroxylation sites is 1. The van der Waals surface area contributed by atoms with Crippen molar-refractivity contribution in [1.29, 1.82) is 0 Å². The number of nitro groups is 1. The van der Waals surface area contributed by atoms with Gasteiger partial charge in [0.05, 0.1) is 17.2 Å². The third-order valence-electron chi connectivity index (χ3n) is 6.09. The van der Waals surface area contributed by atoms with E-state index in [4.69, 9.17) is 4.42 Å². The van der Waals surface area contributed by atoms with Gasteiger partial charge in [0.1, 0.15) is 17.3 Å². The Balaban J connectivity index is 1.30. The summed E-state index contributed by atoms with van der Waals surface area (Å²) in [4.78, 5) is 22.5. The molecule has 192 valence electrons. The second kappa shape index (κ2) is 12.1. The van der Waals surface area contributed by atoms with Gasteiger partial charge in [-0.15, -0.1) is 0 Å². The Morgan fingerprint density at radius 1 is 1.06 bits per heavy atom. The highest BCUT2D eigenvalue weighted by atomic mass is 32.2. The highest BCUT2D eigenvalue weighted by Gasteiger charge is 2.22. The number of piperazine rings is 1. The average Bonchev–Trinajstić information content (AvgIpc) is 3.30. The van der Waals surface area contributed by atoms with Crippen LogP contribution in [0.25, 0.3) is 0 Å². The van der Waals surface area contributed by atoms with Crippen molar-refractivity contribution in [2.24, 2.45) is 0 Å². The number of furan rings is 1. The lowest BCUT2D eigenvalue weighted by Gasteiger charge is -2.37. The number of benzene rings is 1. The van der Waals surface area contributed by atoms with E-state index < -0.39 is 0 Å². The zero-order valence-electron chi connectivity index (χ0n) is 21.1. The first-order valence-electron chi connectivity index (χ1n) is 12.2. The monoisotopic (exact) mass is 510 g/mol. The van der Waals surface area contributed by atoms with Gasteiger partial charge in [0.2, 0.25) is 5.82 Å². The van der Waals surface area contributed by atoms with Crippen molar-refractivity contribution in [3.63, 3.8) is 0 Å². The number of hydrogen-bond acceptors (Lipinski definition) is 9. The smallest absolute Gasteiger partial charge is 0.311 e. The molecule has 0 saturated carbocycles. The van der Waals surface area contributed by atoms with Crippen LogP contribution in [0.2, 0.25) is 0 Å². The summed E-state index contributed by atoms with van der Waals surface area (Å²) in [6.45, 7) is 6.87. The van der Waals surface area contributed by atoms with Crippen LogP contribution in [0.5, 0.6) is 0 Å². The van der Waals surface area contributed by atoms with Gasteiger partial charge in [0, 0.05) is 50.2 Å². The van der Waals surface area contributed by atoms with Crippen molar-refractivity contribution in [3.05, 3.63) is 75.7 Å². The van der Waals surface area contributed by atoms with E-state index >= 15 is 0 Å². The third kappa shape index (κ3) is 6.70. The van der Waals surface area contributed by atoms with Crippen molar-refractivity contribution < 1.29 is 9.34 Å². The summed E-state index contributed by atoms with van der Waals surface area (Å²) in [5.41, 5.74) is 2.53. The van der Waals surface area contributed by atoms with Gasteiger partial charge in [-0.2, -0.15) is 11.8 Å². The molecule has 1 aromatic carbocycles. The van der Waals surface area contributed by atoms with Gasteiger partial charge in [0.15, 0.2) is 0 Å². The number of pyridine rings is 1. The zero-order chi connectivity index (χ0) is 25.5. The molecule has 0 spiro atoms. The number of nitrogens with zero attached hydrogens (tertiary/aromatic N) is 5. The van der Waals surface area contributed by atoms with Crippen molar-refractivity contribution in [2.75, 3.05) is 67.7 Å². The van der Waals surface area contributed by atoms with Crippen LogP contribution < -0.4 is 15.1 Å². The molecule has 1 aliphatic heterocycles. The minimum absolute atomic E-state index is 0.00154. The summed E-state index contributed by atoms with van der Waals surface area (Å²) >= 11 is 1.72. The summed E-state index contributed by atoms with van der Waals surface area (Å²) in [5.74, 6) is 4.52. The minimum atomic E-state index is -0.377. The number of thioether (sulfide) groups is 1. The summed E-state index contributed by atoms with van der Waals surface area (Å²) in [6, 6.07) is 15.7. The summed E-state index contributed by atoms with van der Waals surface area (Å²) < 4.78 is 5.84. The Labute approximate surface area is 216 Å². The maximum absolute atomic E-state index is 11.6. The Morgan fingerprint density at radius 2 is 1.78 bits per heavy atom. The van der Waals surface area contributed by atoms with Crippen molar-refractivity contribution in [3.8, 4) is 0 Å². The van der Waals surface area contributed by atoms with Gasteiger partial charge in [-0.25, -0.2) is 4.98 Å². The Kier molecular flexibility index (Phi) is 8.71. The van der Waals surface area contributed by atoms with E-state index in [1.54, 1.807) is 23.9 Å². The molecule has 0 aliphatic carbocycles. The maximum Gasteiger partial charge on any atom is 0.311 e. The number of aryl methyl sites for hydroxylation is 1. The summed E-state index contributed by atoms with van der Waals surface area (Å²) in [6.07, 6.45) is 0. The highest BCUT2D eigenvalue weighted by molar-refractivity contribution is 7.98. The average molecular weight is 511 g/mol. The van der Waals surface area contributed by atoms with Crippen molar-refractivity contribution in [2.45, 2.75) is 19.2 Å². The van der Waals surface area contributed by atoms with Crippen molar-refractivity contribution >= 4 is 34.8 Å². The molecular formula is C26H34N6O3S. The molecule has 3 aromatic rings. The first-order valence-corrected chi connectivity index (χ1v) is 13.3. The largest absolute Gasteiger partial charge is 0.464 e. The Morgan fingerprint density at radius 3 is 2.50 bits per heavy atom. The highest BCUT2D eigenvalue weighted by Crippen LogP contribution is 2.28. The molecule has 2 aromatic heterocycles. The standard InChI is InChI=1S/C26H34N6O3S/c1-20-6-4-5-7-23(20)30-13-15-31(16-14-30)25-11-10-24(32(33)34)26(28-25)27-12-17-36-19-22-9-8-21(35-22)18-29(2)3/h4-11H,12-19H2,1-3H3,(H,27,28). The summed E-state index contributed by atoms with van der Waals surface area (Å²) in [7, 11) is 4.02. The van der Waals surface area contributed by atoms with Gasteiger partial charge >= 0.3 is 5.69 Å². The van der Waals surface area contributed by atoms with Crippen LogP contribution in [0.1, 0.15) is 17.1 Å². The summed E-state index contributed by atoms with van der Waals surface area (Å²) in [5, 5.41) is 14.8. The second-order valence-corrected chi connectivity index (χ2v) is 10.2. The second-order valence-electron chi connectivity index (χ2n) is 9.14. The maximum atomic E-state index is 11.6. The fraction of sp³-hybridized carbons (Fsp3) is 0.423. The Hall–Kier alpha value is -3.24. The van der Waals surface area contributed by atoms with Crippen LogP contribution in [-0.4, -0.2) is 67.4 Å². The predicted molar refractivity (Wildman–Crippen MR) is 147 cm³/mol. The molecular weight excluding hydrogens is 476 g/mol. The van der Waals surface area contributed by atoms with Crippen molar-refractivity contribution in [1.82, 2.24) is 9.88 Å². The lowest BCUT2D eigenvalue weighted by atomic mass is 10.1. The molecule has 4 rings (SSSR count). The lowest BCUT2D eigenvalue weighted by molar-refractivity contribution is -0.384. The quantitative estimate of drug-likeness (QED) is 0.225. The molecule has 1 fully saturated rings. The normalized spacial score (nSPS) is 13.9. The number of aromatic nitrogens is 1. The molecule has 36 heavy (non-hydrogen) atoms. The van der Waals surface area contributed by atoms with Crippen LogP contribution in [0, 0.1) is 17.0 Å². The molecule has 3 heterocycles. The van der Waals surface area contributed by atoms with Crippen LogP contribution >= 0.6 is 11.8 Å². The zero-order valence-corrected chi connectivity index (χ0v) is 22.0. The van der Waals surface area contributed by atoms with E-state index in [0.717, 1.165) is 61.6 Å². The van der Waals surface area contributed by atoms with Crippen LogP contribution in [0.4, 0.5) is 23.0 Å². The van der Waals surface area contributed by atoms with Gasteiger partial charge in [0.25, 0.3) is 0 Å².